The van der Waals surface area contributed by atoms with Crippen molar-refractivity contribution >= 4 is 33.2 Å². The molecule has 0 amide bonds. The highest BCUT2D eigenvalue weighted by molar-refractivity contribution is 9.10. The van der Waals surface area contributed by atoms with Crippen molar-refractivity contribution in [3.63, 3.8) is 0 Å². The first kappa shape index (κ1) is 10.8. The summed E-state index contributed by atoms with van der Waals surface area (Å²) < 4.78 is 0.854. The van der Waals surface area contributed by atoms with Crippen LogP contribution >= 0.6 is 27.5 Å². The summed E-state index contributed by atoms with van der Waals surface area (Å²) in [5, 5.41) is 9.73. The Hall–Kier alpha value is -0.720. The van der Waals surface area contributed by atoms with Gasteiger partial charge in [0, 0.05) is 17.6 Å². The number of anilines is 1. The molecule has 0 radical (unpaired) electrons. The van der Waals surface area contributed by atoms with Gasteiger partial charge in [0.2, 0.25) is 0 Å². The lowest BCUT2D eigenvalue weighted by molar-refractivity contribution is 0.949. The largest absolute Gasteiger partial charge is 0.369 e. The molecular weight excluding hydrogens is 275 g/mol. The lowest BCUT2D eigenvalue weighted by Gasteiger charge is -2.20. The predicted molar refractivity (Wildman–Crippen MR) is 65.3 cm³/mol. The minimum atomic E-state index is 0.649. The van der Waals surface area contributed by atoms with Gasteiger partial charge in [-0.2, -0.15) is 5.26 Å². The van der Waals surface area contributed by atoms with Crippen molar-refractivity contribution in [2.24, 2.45) is 0 Å². The first-order chi connectivity index (χ1) is 7.22. The van der Waals surface area contributed by atoms with E-state index in [1.807, 2.05) is 12.1 Å². The lowest BCUT2D eigenvalue weighted by atomic mass is 10.2. The Labute approximate surface area is 103 Å². The molecule has 1 saturated heterocycles. The number of hydrogen-bond acceptors (Lipinski definition) is 2. The Morgan fingerprint density at radius 3 is 2.60 bits per heavy atom. The van der Waals surface area contributed by atoms with Gasteiger partial charge in [-0.05, 0) is 25.0 Å². The zero-order valence-electron chi connectivity index (χ0n) is 8.13. The molecule has 1 heterocycles. The van der Waals surface area contributed by atoms with Gasteiger partial charge in [0.05, 0.1) is 16.3 Å². The number of nitriles is 1. The molecule has 0 aliphatic carbocycles. The van der Waals surface area contributed by atoms with Crippen LogP contribution in [0.3, 0.4) is 0 Å². The van der Waals surface area contributed by atoms with Gasteiger partial charge in [-0.15, -0.1) is 0 Å². The van der Waals surface area contributed by atoms with Crippen LogP contribution in [0, 0.1) is 11.3 Å². The monoisotopic (exact) mass is 284 g/mol. The first-order valence-corrected chi connectivity index (χ1v) is 6.03. The molecule has 78 valence electrons. The number of halogens is 2. The van der Waals surface area contributed by atoms with Crippen molar-refractivity contribution in [2.45, 2.75) is 12.8 Å². The predicted octanol–water partition coefficient (Wildman–Crippen LogP) is 3.57. The minimum absolute atomic E-state index is 0.649. The second-order valence-corrected chi connectivity index (χ2v) is 4.91. The van der Waals surface area contributed by atoms with Gasteiger partial charge in [0.25, 0.3) is 0 Å². The van der Waals surface area contributed by atoms with Crippen LogP contribution < -0.4 is 4.90 Å². The van der Waals surface area contributed by atoms with Gasteiger partial charge in [-0.25, -0.2) is 0 Å². The molecule has 1 aliphatic heterocycles. The molecule has 1 aliphatic rings. The van der Waals surface area contributed by atoms with E-state index in [-0.39, 0.29) is 0 Å². The molecule has 1 aromatic rings. The molecule has 15 heavy (non-hydrogen) atoms. The number of rotatable bonds is 1. The molecule has 0 N–H and O–H groups in total. The van der Waals surface area contributed by atoms with Gasteiger partial charge in [-0.3, -0.25) is 0 Å². The highest BCUT2D eigenvalue weighted by atomic mass is 79.9. The fourth-order valence-corrected chi connectivity index (χ4v) is 2.84. The van der Waals surface area contributed by atoms with Crippen LogP contribution in [0.4, 0.5) is 5.69 Å². The van der Waals surface area contributed by atoms with E-state index in [1.54, 1.807) is 0 Å². The Balaban J connectivity index is 2.49. The Morgan fingerprint density at radius 2 is 2.00 bits per heavy atom. The lowest BCUT2D eigenvalue weighted by Crippen LogP contribution is -2.19. The normalized spacial score (nSPS) is 15.4. The maximum absolute atomic E-state index is 9.07. The summed E-state index contributed by atoms with van der Waals surface area (Å²) in [6.45, 7) is 1.99. The molecule has 0 aromatic heterocycles. The molecule has 0 saturated carbocycles. The van der Waals surface area contributed by atoms with Crippen LogP contribution in [-0.2, 0) is 0 Å². The van der Waals surface area contributed by atoms with E-state index in [9.17, 15) is 0 Å². The highest BCUT2D eigenvalue weighted by Crippen LogP contribution is 2.34. The van der Waals surface area contributed by atoms with Crippen LogP contribution in [0.25, 0.3) is 0 Å². The van der Waals surface area contributed by atoms with Gasteiger partial charge in [0.1, 0.15) is 6.07 Å². The van der Waals surface area contributed by atoms with Crippen molar-refractivity contribution in [1.29, 1.82) is 5.26 Å². The number of benzene rings is 1. The van der Waals surface area contributed by atoms with Crippen LogP contribution in [-0.4, -0.2) is 13.1 Å². The molecule has 2 rings (SSSR count). The standard InChI is InChI=1S/C11H10BrClN2/c12-9-5-8(7-14)11(10(13)6-9)15-3-1-2-4-15/h5-6H,1-4H2. The van der Waals surface area contributed by atoms with Crippen LogP contribution in [0.5, 0.6) is 0 Å². The molecular formula is C11H10BrClN2. The van der Waals surface area contributed by atoms with Crippen molar-refractivity contribution in [2.75, 3.05) is 18.0 Å². The van der Waals surface area contributed by atoms with E-state index in [0.717, 1.165) is 23.2 Å². The fraction of sp³-hybridized carbons (Fsp3) is 0.364. The Morgan fingerprint density at radius 1 is 1.33 bits per heavy atom. The van der Waals surface area contributed by atoms with Crippen molar-refractivity contribution < 1.29 is 0 Å². The summed E-state index contributed by atoms with van der Waals surface area (Å²) in [6, 6.07) is 5.86. The molecule has 2 nitrogen and oxygen atoms in total. The average molecular weight is 286 g/mol. The summed E-state index contributed by atoms with van der Waals surface area (Å²) in [6.07, 6.45) is 2.36. The summed E-state index contributed by atoms with van der Waals surface area (Å²) >= 11 is 9.51. The Bertz CT molecular complexity index is 419. The van der Waals surface area contributed by atoms with Crippen molar-refractivity contribution in [3.8, 4) is 6.07 Å². The second-order valence-electron chi connectivity index (χ2n) is 3.59. The van der Waals surface area contributed by atoms with Crippen LogP contribution in [0.1, 0.15) is 18.4 Å². The maximum Gasteiger partial charge on any atom is 0.101 e. The van der Waals surface area contributed by atoms with E-state index in [4.69, 9.17) is 16.9 Å². The SMILES string of the molecule is N#Cc1cc(Br)cc(Cl)c1N1CCCC1. The van der Waals surface area contributed by atoms with Crippen molar-refractivity contribution in [3.05, 3.63) is 27.2 Å². The van der Waals surface area contributed by atoms with Gasteiger partial charge >= 0.3 is 0 Å². The van der Waals surface area contributed by atoms with E-state index in [1.165, 1.54) is 12.8 Å². The highest BCUT2D eigenvalue weighted by Gasteiger charge is 2.19. The Kier molecular flexibility index (Phi) is 3.18. The first-order valence-electron chi connectivity index (χ1n) is 4.86. The summed E-state index contributed by atoms with van der Waals surface area (Å²) in [4.78, 5) is 2.19. The van der Waals surface area contributed by atoms with E-state index in [0.29, 0.717) is 10.6 Å². The molecule has 0 atom stereocenters. The third-order valence-electron chi connectivity index (χ3n) is 2.57. The van der Waals surface area contributed by atoms with E-state index < -0.39 is 0 Å². The molecule has 1 aromatic carbocycles. The molecule has 0 unspecified atom stereocenters. The third-order valence-corrected chi connectivity index (χ3v) is 3.32. The minimum Gasteiger partial charge on any atom is -0.369 e. The summed E-state index contributed by atoms with van der Waals surface area (Å²) in [7, 11) is 0. The zero-order valence-corrected chi connectivity index (χ0v) is 10.5. The van der Waals surface area contributed by atoms with Crippen LogP contribution in [0.2, 0.25) is 5.02 Å². The summed E-state index contributed by atoms with van der Waals surface area (Å²) in [5.41, 5.74) is 1.54. The maximum atomic E-state index is 9.07. The zero-order chi connectivity index (χ0) is 10.8. The van der Waals surface area contributed by atoms with Gasteiger partial charge < -0.3 is 4.90 Å². The second kappa shape index (κ2) is 4.42. The average Bonchev–Trinajstić information content (AvgIpc) is 2.69. The summed E-state index contributed by atoms with van der Waals surface area (Å²) in [5.74, 6) is 0. The van der Waals surface area contributed by atoms with Gasteiger partial charge in [-0.1, -0.05) is 27.5 Å². The molecule has 0 bridgehead atoms. The molecule has 0 spiro atoms. The topological polar surface area (TPSA) is 27.0 Å². The third kappa shape index (κ3) is 2.11. The fourth-order valence-electron chi connectivity index (χ4n) is 1.91. The van der Waals surface area contributed by atoms with Crippen molar-refractivity contribution in [1.82, 2.24) is 0 Å². The smallest absolute Gasteiger partial charge is 0.101 e. The molecule has 1 fully saturated rings. The van der Waals surface area contributed by atoms with E-state index >= 15 is 0 Å². The molecule has 4 heteroatoms. The number of nitrogens with zero attached hydrogens (tertiary/aromatic N) is 2. The van der Waals surface area contributed by atoms with Crippen LogP contribution in [0.15, 0.2) is 16.6 Å². The quantitative estimate of drug-likeness (QED) is 0.788. The van der Waals surface area contributed by atoms with Gasteiger partial charge in [0.15, 0.2) is 0 Å². The number of hydrogen-bond donors (Lipinski definition) is 0. The van der Waals surface area contributed by atoms with E-state index in [2.05, 4.69) is 26.9 Å².